The van der Waals surface area contributed by atoms with E-state index in [0.717, 1.165) is 40.0 Å². The number of thioether (sulfide) groups is 1. The van der Waals surface area contributed by atoms with Crippen LogP contribution in [-0.4, -0.2) is 33.8 Å². The summed E-state index contributed by atoms with van der Waals surface area (Å²) in [5, 5.41) is -0.304. The maximum atomic E-state index is 13.3. The number of carbonyl (C=O) groups excluding carboxylic acids is 2. The summed E-state index contributed by atoms with van der Waals surface area (Å²) in [6.07, 6.45) is 1.74. The van der Waals surface area contributed by atoms with Crippen LogP contribution in [0.4, 0.5) is 9.18 Å². The minimum Gasteiger partial charge on any atom is -0.492 e. The Morgan fingerprint density at radius 2 is 1.78 bits per heavy atom. The third-order valence-electron chi connectivity index (χ3n) is 5.29. The van der Waals surface area contributed by atoms with Crippen molar-refractivity contribution in [3.63, 3.8) is 0 Å². The van der Waals surface area contributed by atoms with E-state index in [2.05, 4.69) is 0 Å². The lowest BCUT2D eigenvalue weighted by Gasteiger charge is -2.13. The number of carbonyl (C=O) groups is 2. The minimum absolute atomic E-state index is 0.185. The van der Waals surface area contributed by atoms with Crippen LogP contribution in [0.15, 0.2) is 59.5 Å². The molecule has 4 rings (SSSR count). The van der Waals surface area contributed by atoms with Gasteiger partial charge in [0.05, 0.1) is 11.4 Å². The molecule has 0 spiro atoms. The summed E-state index contributed by atoms with van der Waals surface area (Å²) in [4.78, 5) is 26.9. The Labute approximate surface area is 190 Å². The van der Waals surface area contributed by atoms with Gasteiger partial charge in [0.25, 0.3) is 11.1 Å². The van der Waals surface area contributed by atoms with Crippen LogP contribution in [0.5, 0.6) is 5.75 Å². The SMILES string of the molecule is Cc1cccc(OCCN2C(=O)S/C(=C\c3cc(C)n(-c4ccc(F)cc4)c3C)C2=O)c1. The maximum absolute atomic E-state index is 13.3. The van der Waals surface area contributed by atoms with Crippen LogP contribution < -0.4 is 4.74 Å². The second-order valence-electron chi connectivity index (χ2n) is 7.64. The number of aromatic nitrogens is 1. The van der Waals surface area contributed by atoms with E-state index in [9.17, 15) is 14.0 Å². The number of hydrogen-bond acceptors (Lipinski definition) is 4. The first kappa shape index (κ1) is 21.9. The lowest BCUT2D eigenvalue weighted by molar-refractivity contribution is -0.123. The highest BCUT2D eigenvalue weighted by Gasteiger charge is 2.35. The second kappa shape index (κ2) is 9.04. The number of aryl methyl sites for hydroxylation is 2. The van der Waals surface area contributed by atoms with Crippen LogP contribution >= 0.6 is 11.8 Å². The maximum Gasteiger partial charge on any atom is 0.293 e. The van der Waals surface area contributed by atoms with Crippen molar-refractivity contribution >= 4 is 29.0 Å². The van der Waals surface area contributed by atoms with Crippen molar-refractivity contribution in [1.29, 1.82) is 0 Å². The highest BCUT2D eigenvalue weighted by molar-refractivity contribution is 8.18. The third-order valence-corrected chi connectivity index (χ3v) is 6.20. The first-order chi connectivity index (χ1) is 15.3. The van der Waals surface area contributed by atoms with Gasteiger partial charge >= 0.3 is 0 Å². The summed E-state index contributed by atoms with van der Waals surface area (Å²) in [6.45, 7) is 6.27. The van der Waals surface area contributed by atoms with Gasteiger partial charge in [-0.05, 0) is 92.2 Å². The molecule has 2 amide bonds. The van der Waals surface area contributed by atoms with Crippen molar-refractivity contribution in [3.8, 4) is 11.4 Å². The molecular formula is C25H23FN2O3S. The van der Waals surface area contributed by atoms with Gasteiger partial charge in [0, 0.05) is 17.1 Å². The standard InChI is InChI=1S/C25H23FN2O3S/c1-16-5-4-6-22(13-16)31-12-11-27-24(29)23(32-25(27)30)15-19-14-17(2)28(18(19)3)21-9-7-20(26)8-10-21/h4-10,13-15H,11-12H2,1-3H3/b23-15-. The molecule has 1 aliphatic heterocycles. The van der Waals surface area contributed by atoms with Gasteiger partial charge in [-0.3, -0.25) is 14.5 Å². The number of hydrogen-bond donors (Lipinski definition) is 0. The molecule has 0 N–H and O–H groups in total. The first-order valence-electron chi connectivity index (χ1n) is 10.2. The van der Waals surface area contributed by atoms with E-state index >= 15 is 0 Å². The molecule has 164 valence electrons. The number of ether oxygens (including phenoxy) is 1. The summed E-state index contributed by atoms with van der Waals surface area (Å²) in [5.41, 5.74) is 4.61. The first-order valence-corrected chi connectivity index (χ1v) is 11.0. The largest absolute Gasteiger partial charge is 0.492 e. The second-order valence-corrected chi connectivity index (χ2v) is 8.63. The van der Waals surface area contributed by atoms with Crippen LogP contribution in [0.25, 0.3) is 11.8 Å². The quantitative estimate of drug-likeness (QED) is 0.455. The normalized spacial score (nSPS) is 15.1. The fourth-order valence-corrected chi connectivity index (χ4v) is 4.57. The van der Waals surface area contributed by atoms with E-state index in [1.165, 1.54) is 17.0 Å². The molecule has 32 heavy (non-hydrogen) atoms. The number of amides is 2. The Kier molecular flexibility index (Phi) is 6.19. The van der Waals surface area contributed by atoms with Gasteiger partial charge in [0.15, 0.2) is 0 Å². The molecule has 0 atom stereocenters. The highest BCUT2D eigenvalue weighted by Crippen LogP contribution is 2.33. The Morgan fingerprint density at radius 1 is 1.03 bits per heavy atom. The zero-order valence-electron chi connectivity index (χ0n) is 18.1. The molecule has 0 radical (unpaired) electrons. The smallest absolute Gasteiger partial charge is 0.293 e. The van der Waals surface area contributed by atoms with Crippen LogP contribution in [0.2, 0.25) is 0 Å². The molecule has 0 bridgehead atoms. The molecule has 7 heteroatoms. The molecule has 1 fully saturated rings. The molecular weight excluding hydrogens is 427 g/mol. The van der Waals surface area contributed by atoms with Gasteiger partial charge in [-0.2, -0.15) is 0 Å². The Morgan fingerprint density at radius 3 is 2.50 bits per heavy atom. The van der Waals surface area contributed by atoms with Crippen LogP contribution in [0, 0.1) is 26.6 Å². The van der Waals surface area contributed by atoms with Crippen molar-refractivity contribution in [1.82, 2.24) is 9.47 Å². The summed E-state index contributed by atoms with van der Waals surface area (Å²) >= 11 is 0.931. The minimum atomic E-state index is -0.320. The lowest BCUT2D eigenvalue weighted by Crippen LogP contribution is -2.32. The van der Waals surface area contributed by atoms with E-state index < -0.39 is 0 Å². The van der Waals surface area contributed by atoms with E-state index in [-0.39, 0.29) is 30.1 Å². The average molecular weight is 451 g/mol. The van der Waals surface area contributed by atoms with Crippen molar-refractivity contribution in [2.24, 2.45) is 0 Å². The summed E-state index contributed by atoms with van der Waals surface area (Å²) in [5.74, 6) is 0.0941. The predicted octanol–water partition coefficient (Wildman–Crippen LogP) is 5.66. The fraction of sp³-hybridized carbons (Fsp3) is 0.200. The van der Waals surface area contributed by atoms with E-state index in [1.807, 2.05) is 55.7 Å². The van der Waals surface area contributed by atoms with Crippen LogP contribution in [-0.2, 0) is 4.79 Å². The summed E-state index contributed by atoms with van der Waals surface area (Å²) in [6, 6.07) is 15.8. The topological polar surface area (TPSA) is 51.5 Å². The number of nitrogens with zero attached hydrogens (tertiary/aromatic N) is 2. The zero-order valence-corrected chi connectivity index (χ0v) is 18.9. The molecule has 3 aromatic rings. The Balaban J connectivity index is 1.49. The molecule has 0 aliphatic carbocycles. The van der Waals surface area contributed by atoms with Crippen molar-refractivity contribution < 1.29 is 18.7 Å². The van der Waals surface area contributed by atoms with E-state index in [1.54, 1.807) is 18.2 Å². The van der Waals surface area contributed by atoms with E-state index in [4.69, 9.17) is 4.74 Å². The van der Waals surface area contributed by atoms with Crippen LogP contribution in [0.3, 0.4) is 0 Å². The monoisotopic (exact) mass is 450 g/mol. The summed E-state index contributed by atoms with van der Waals surface area (Å²) < 4.78 is 21.0. The van der Waals surface area contributed by atoms with Crippen LogP contribution in [0.1, 0.15) is 22.5 Å². The number of imide groups is 1. The van der Waals surface area contributed by atoms with Gasteiger partial charge in [-0.25, -0.2) is 4.39 Å². The van der Waals surface area contributed by atoms with Gasteiger partial charge in [-0.1, -0.05) is 12.1 Å². The molecule has 1 aliphatic rings. The Bertz CT molecular complexity index is 1210. The molecule has 2 heterocycles. The lowest BCUT2D eigenvalue weighted by atomic mass is 10.2. The molecule has 0 unspecified atom stereocenters. The predicted molar refractivity (Wildman–Crippen MR) is 125 cm³/mol. The number of benzene rings is 2. The molecule has 1 saturated heterocycles. The van der Waals surface area contributed by atoms with Gasteiger partial charge in [-0.15, -0.1) is 0 Å². The molecule has 1 aromatic heterocycles. The summed E-state index contributed by atoms with van der Waals surface area (Å²) in [7, 11) is 0. The van der Waals surface area contributed by atoms with Gasteiger partial charge in [0.1, 0.15) is 18.2 Å². The molecule has 2 aromatic carbocycles. The average Bonchev–Trinajstić information content (AvgIpc) is 3.18. The van der Waals surface area contributed by atoms with Gasteiger partial charge in [0.2, 0.25) is 0 Å². The third kappa shape index (κ3) is 4.48. The Hall–Kier alpha value is -3.32. The fourth-order valence-electron chi connectivity index (χ4n) is 3.72. The van der Waals surface area contributed by atoms with Gasteiger partial charge < -0.3 is 9.30 Å². The number of halogens is 1. The van der Waals surface area contributed by atoms with Crippen molar-refractivity contribution in [3.05, 3.63) is 87.8 Å². The highest BCUT2D eigenvalue weighted by atomic mass is 32.2. The van der Waals surface area contributed by atoms with Crippen molar-refractivity contribution in [2.75, 3.05) is 13.2 Å². The zero-order chi connectivity index (χ0) is 22.8. The molecule has 5 nitrogen and oxygen atoms in total. The van der Waals surface area contributed by atoms with E-state index in [0.29, 0.717) is 10.7 Å². The van der Waals surface area contributed by atoms with Crippen molar-refractivity contribution in [2.45, 2.75) is 20.8 Å². The molecule has 0 saturated carbocycles. The number of rotatable bonds is 6.